The number of halogens is 1. The number of benzene rings is 1. The Morgan fingerprint density at radius 2 is 1.69 bits per heavy atom. The number of hydrogen-bond acceptors (Lipinski definition) is 2. The van der Waals surface area contributed by atoms with Crippen LogP contribution in [0.1, 0.15) is 11.1 Å². The van der Waals surface area contributed by atoms with Gasteiger partial charge in [0.2, 0.25) is 0 Å². The molecule has 0 bridgehead atoms. The SMILES string of the molecule is Cc1ccc(C)c(S(=O)(=O)O)c1Cl. The van der Waals surface area contributed by atoms with Crippen LogP contribution in [0, 0.1) is 13.8 Å². The van der Waals surface area contributed by atoms with Crippen molar-refractivity contribution in [2.24, 2.45) is 0 Å². The van der Waals surface area contributed by atoms with E-state index in [1.165, 1.54) is 0 Å². The van der Waals surface area contributed by atoms with Crippen LogP contribution in [0.25, 0.3) is 0 Å². The fourth-order valence-corrected chi connectivity index (χ4v) is 2.43. The maximum absolute atomic E-state index is 10.9. The van der Waals surface area contributed by atoms with Gasteiger partial charge in [0.05, 0.1) is 5.02 Å². The van der Waals surface area contributed by atoms with E-state index in [0.717, 1.165) is 0 Å². The van der Waals surface area contributed by atoms with Gasteiger partial charge in [0, 0.05) is 0 Å². The maximum atomic E-state index is 10.9. The van der Waals surface area contributed by atoms with Crippen molar-refractivity contribution in [1.29, 1.82) is 0 Å². The normalized spacial score (nSPS) is 11.7. The van der Waals surface area contributed by atoms with E-state index in [1.54, 1.807) is 26.0 Å². The lowest BCUT2D eigenvalue weighted by atomic mass is 10.2. The van der Waals surface area contributed by atoms with Crippen LogP contribution < -0.4 is 0 Å². The fourth-order valence-electron chi connectivity index (χ4n) is 1.07. The fraction of sp³-hybridized carbons (Fsp3) is 0.250. The maximum Gasteiger partial charge on any atom is 0.296 e. The quantitative estimate of drug-likeness (QED) is 0.739. The predicted molar refractivity (Wildman–Crippen MR) is 50.7 cm³/mol. The summed E-state index contributed by atoms with van der Waals surface area (Å²) in [7, 11) is -4.22. The average molecular weight is 221 g/mol. The Bertz CT molecular complexity index is 437. The molecule has 0 amide bonds. The molecular weight excluding hydrogens is 212 g/mol. The summed E-state index contributed by atoms with van der Waals surface area (Å²) in [6.45, 7) is 3.25. The second kappa shape index (κ2) is 3.29. The summed E-state index contributed by atoms with van der Waals surface area (Å²) in [5.74, 6) is 0. The summed E-state index contributed by atoms with van der Waals surface area (Å²) >= 11 is 5.74. The Labute approximate surface area is 82.1 Å². The third-order valence-electron chi connectivity index (χ3n) is 1.75. The Morgan fingerprint density at radius 3 is 2.08 bits per heavy atom. The highest BCUT2D eigenvalue weighted by Crippen LogP contribution is 2.27. The van der Waals surface area contributed by atoms with Crippen molar-refractivity contribution < 1.29 is 13.0 Å². The third kappa shape index (κ3) is 2.02. The van der Waals surface area contributed by atoms with Gasteiger partial charge in [-0.3, -0.25) is 4.55 Å². The van der Waals surface area contributed by atoms with E-state index in [1.807, 2.05) is 0 Å². The molecule has 5 heteroatoms. The standard InChI is InChI=1S/C8H9ClO3S/c1-5-3-4-6(2)8(7(5)9)13(10,11)12/h3-4H,1-2H3,(H,10,11,12). The van der Waals surface area contributed by atoms with Crippen LogP contribution in [0.5, 0.6) is 0 Å². The summed E-state index contributed by atoms with van der Waals surface area (Å²) in [6.07, 6.45) is 0. The molecule has 0 fully saturated rings. The van der Waals surface area contributed by atoms with E-state index in [4.69, 9.17) is 16.2 Å². The molecule has 3 nitrogen and oxygen atoms in total. The van der Waals surface area contributed by atoms with Crippen molar-refractivity contribution in [3.8, 4) is 0 Å². The summed E-state index contributed by atoms with van der Waals surface area (Å²) in [5, 5.41) is 0.0856. The zero-order valence-electron chi connectivity index (χ0n) is 7.20. The first-order valence-electron chi connectivity index (χ1n) is 3.57. The van der Waals surface area contributed by atoms with Gasteiger partial charge in [0.1, 0.15) is 4.90 Å². The predicted octanol–water partition coefficient (Wildman–Crippen LogP) is 2.20. The first-order chi connectivity index (χ1) is 5.84. The first-order valence-corrected chi connectivity index (χ1v) is 5.39. The second-order valence-electron chi connectivity index (χ2n) is 2.82. The zero-order valence-corrected chi connectivity index (χ0v) is 8.78. The van der Waals surface area contributed by atoms with E-state index in [0.29, 0.717) is 11.1 Å². The minimum absolute atomic E-state index is 0.0856. The van der Waals surface area contributed by atoms with Crippen LogP contribution in [0.15, 0.2) is 17.0 Å². The minimum atomic E-state index is -4.22. The molecule has 0 spiro atoms. The van der Waals surface area contributed by atoms with Crippen LogP contribution in [0.2, 0.25) is 5.02 Å². The highest BCUT2D eigenvalue weighted by Gasteiger charge is 2.18. The molecule has 1 rings (SSSR count). The highest BCUT2D eigenvalue weighted by atomic mass is 35.5. The Morgan fingerprint density at radius 1 is 1.23 bits per heavy atom. The summed E-state index contributed by atoms with van der Waals surface area (Å²) in [4.78, 5) is -0.200. The second-order valence-corrected chi connectivity index (χ2v) is 4.55. The van der Waals surface area contributed by atoms with Gasteiger partial charge in [-0.1, -0.05) is 23.7 Å². The van der Waals surface area contributed by atoms with E-state index in [9.17, 15) is 8.42 Å². The molecule has 0 aliphatic heterocycles. The molecule has 0 heterocycles. The van der Waals surface area contributed by atoms with E-state index >= 15 is 0 Å². The Hall–Kier alpha value is -0.580. The van der Waals surface area contributed by atoms with Gasteiger partial charge in [0.15, 0.2) is 0 Å². The molecule has 0 radical (unpaired) electrons. The molecule has 0 aromatic heterocycles. The van der Waals surface area contributed by atoms with E-state index in [2.05, 4.69) is 0 Å². The molecule has 0 saturated carbocycles. The third-order valence-corrected chi connectivity index (χ3v) is 3.39. The zero-order chi connectivity index (χ0) is 10.2. The lowest BCUT2D eigenvalue weighted by molar-refractivity contribution is 0.482. The lowest BCUT2D eigenvalue weighted by Crippen LogP contribution is -2.02. The number of aryl methyl sites for hydroxylation is 2. The van der Waals surface area contributed by atoms with Gasteiger partial charge >= 0.3 is 0 Å². The van der Waals surface area contributed by atoms with Crippen molar-refractivity contribution in [2.45, 2.75) is 18.7 Å². The average Bonchev–Trinajstić information content (AvgIpc) is 1.95. The smallest absolute Gasteiger partial charge is 0.282 e. The van der Waals surface area contributed by atoms with E-state index in [-0.39, 0.29) is 9.92 Å². The molecule has 1 aromatic carbocycles. The number of rotatable bonds is 1. The van der Waals surface area contributed by atoms with Crippen LogP contribution in [0.3, 0.4) is 0 Å². The molecule has 1 N–H and O–H groups in total. The van der Waals surface area contributed by atoms with Gasteiger partial charge in [0.25, 0.3) is 10.1 Å². The number of hydrogen-bond donors (Lipinski definition) is 1. The van der Waals surface area contributed by atoms with Crippen LogP contribution in [0.4, 0.5) is 0 Å². The largest absolute Gasteiger partial charge is 0.296 e. The van der Waals surface area contributed by atoms with Gasteiger partial charge in [-0.25, -0.2) is 0 Å². The van der Waals surface area contributed by atoms with Gasteiger partial charge in [-0.2, -0.15) is 8.42 Å². The molecule has 0 unspecified atom stereocenters. The molecule has 0 aliphatic carbocycles. The molecule has 13 heavy (non-hydrogen) atoms. The molecule has 1 aromatic rings. The summed E-state index contributed by atoms with van der Waals surface area (Å²) in [5.41, 5.74) is 1.07. The summed E-state index contributed by atoms with van der Waals surface area (Å²) < 4.78 is 30.7. The molecule has 0 atom stereocenters. The Balaban J connectivity index is 3.62. The summed E-state index contributed by atoms with van der Waals surface area (Å²) in [6, 6.07) is 3.30. The molecule has 0 aliphatic rings. The lowest BCUT2D eigenvalue weighted by Gasteiger charge is -2.06. The van der Waals surface area contributed by atoms with Gasteiger partial charge in [-0.05, 0) is 25.0 Å². The van der Waals surface area contributed by atoms with Crippen LogP contribution in [-0.4, -0.2) is 13.0 Å². The van der Waals surface area contributed by atoms with Gasteiger partial charge in [-0.15, -0.1) is 0 Å². The van der Waals surface area contributed by atoms with Crippen molar-refractivity contribution >= 4 is 21.7 Å². The first kappa shape index (κ1) is 10.5. The minimum Gasteiger partial charge on any atom is -0.282 e. The molecular formula is C8H9ClO3S. The highest BCUT2D eigenvalue weighted by molar-refractivity contribution is 7.86. The van der Waals surface area contributed by atoms with E-state index < -0.39 is 10.1 Å². The van der Waals surface area contributed by atoms with Crippen LogP contribution >= 0.6 is 11.6 Å². The monoisotopic (exact) mass is 220 g/mol. The van der Waals surface area contributed by atoms with Gasteiger partial charge < -0.3 is 0 Å². The van der Waals surface area contributed by atoms with Crippen molar-refractivity contribution in [3.05, 3.63) is 28.3 Å². The van der Waals surface area contributed by atoms with Crippen molar-refractivity contribution in [2.75, 3.05) is 0 Å². The molecule has 72 valence electrons. The molecule has 0 saturated heterocycles. The van der Waals surface area contributed by atoms with Crippen molar-refractivity contribution in [3.63, 3.8) is 0 Å². The Kier molecular flexibility index (Phi) is 2.66. The topological polar surface area (TPSA) is 54.4 Å². The van der Waals surface area contributed by atoms with Crippen LogP contribution in [-0.2, 0) is 10.1 Å². The van der Waals surface area contributed by atoms with Crippen molar-refractivity contribution in [1.82, 2.24) is 0 Å².